The van der Waals surface area contributed by atoms with E-state index in [1.165, 1.54) is 31.7 Å². The highest BCUT2D eigenvalue weighted by Crippen LogP contribution is 2.34. The Balaban J connectivity index is 1.33. The van der Waals surface area contributed by atoms with Crippen LogP contribution in [0.15, 0.2) is 42.9 Å². The molecule has 2 fully saturated rings. The van der Waals surface area contributed by atoms with Gasteiger partial charge >= 0.3 is 0 Å². The van der Waals surface area contributed by atoms with Crippen molar-refractivity contribution < 1.29 is 9.18 Å². The van der Waals surface area contributed by atoms with E-state index in [1.807, 2.05) is 13.0 Å². The number of aryl methyl sites for hydroxylation is 1. The highest BCUT2D eigenvalue weighted by Gasteiger charge is 2.35. The summed E-state index contributed by atoms with van der Waals surface area (Å²) in [5.41, 5.74) is 9.41. The van der Waals surface area contributed by atoms with Crippen LogP contribution in [0.5, 0.6) is 0 Å². The monoisotopic (exact) mass is 474 g/mol. The molecule has 3 N–H and O–H groups in total. The predicted octanol–water partition coefficient (Wildman–Crippen LogP) is 4.24. The molecule has 7 nitrogen and oxygen atoms in total. The van der Waals surface area contributed by atoms with E-state index in [0.29, 0.717) is 29.5 Å². The Labute approximate surface area is 205 Å². The summed E-state index contributed by atoms with van der Waals surface area (Å²) in [7, 11) is 0. The van der Waals surface area contributed by atoms with Crippen LogP contribution in [0, 0.1) is 5.82 Å². The van der Waals surface area contributed by atoms with E-state index in [9.17, 15) is 4.79 Å². The Bertz CT molecular complexity index is 1200. The van der Waals surface area contributed by atoms with Crippen molar-refractivity contribution in [3.63, 3.8) is 0 Å². The van der Waals surface area contributed by atoms with Gasteiger partial charge in [0.1, 0.15) is 18.0 Å². The van der Waals surface area contributed by atoms with Crippen LogP contribution in [0.3, 0.4) is 0 Å². The van der Waals surface area contributed by atoms with Crippen molar-refractivity contribution in [3.8, 4) is 22.4 Å². The number of halogens is 1. The summed E-state index contributed by atoms with van der Waals surface area (Å²) < 4.78 is 15.2. The van der Waals surface area contributed by atoms with Crippen molar-refractivity contribution in [1.82, 2.24) is 25.2 Å². The topological polar surface area (TPSA) is 97.0 Å². The Hall–Kier alpha value is -3.39. The second kappa shape index (κ2) is 10.1. The molecular formula is C27H31FN6O. The second-order valence-electron chi connectivity index (χ2n) is 9.46. The van der Waals surface area contributed by atoms with Crippen LogP contribution in [0.1, 0.15) is 55.1 Å². The molecule has 3 aromatic rings. The lowest BCUT2D eigenvalue weighted by Gasteiger charge is -2.44. The number of aromatic nitrogens is 3. The molecule has 1 aromatic carbocycles. The average Bonchev–Trinajstić information content (AvgIpc) is 2.86. The van der Waals surface area contributed by atoms with Gasteiger partial charge in [0.05, 0.1) is 17.0 Å². The molecule has 2 aromatic heterocycles. The van der Waals surface area contributed by atoms with Crippen molar-refractivity contribution in [2.75, 3.05) is 18.8 Å². The number of hydrogen-bond donors (Lipinski definition) is 2. The summed E-state index contributed by atoms with van der Waals surface area (Å²) in [6.07, 6.45) is 9.53. The fraction of sp³-hybridized carbons (Fsp3) is 0.407. The van der Waals surface area contributed by atoms with Crippen LogP contribution in [0.4, 0.5) is 10.2 Å². The summed E-state index contributed by atoms with van der Waals surface area (Å²) >= 11 is 0. The van der Waals surface area contributed by atoms with E-state index in [1.54, 1.807) is 24.4 Å². The number of amides is 1. The third-order valence-corrected chi connectivity index (χ3v) is 7.18. The number of nitrogen functional groups attached to an aromatic ring is 1. The number of rotatable bonds is 6. The summed E-state index contributed by atoms with van der Waals surface area (Å²) in [6, 6.07) is 8.88. The van der Waals surface area contributed by atoms with Gasteiger partial charge in [-0.05, 0) is 69.5 Å². The number of nitrogens with zero attached hydrogens (tertiary/aromatic N) is 4. The Morgan fingerprint density at radius 2 is 1.86 bits per heavy atom. The van der Waals surface area contributed by atoms with Crippen molar-refractivity contribution in [3.05, 3.63) is 59.9 Å². The lowest BCUT2D eigenvalue weighted by Crippen LogP contribution is -2.55. The molecule has 8 heteroatoms. The molecule has 3 heterocycles. The van der Waals surface area contributed by atoms with Crippen molar-refractivity contribution >= 4 is 11.7 Å². The molecule has 0 radical (unpaired) electrons. The quantitative estimate of drug-likeness (QED) is 0.555. The maximum Gasteiger partial charge on any atom is 0.254 e. The van der Waals surface area contributed by atoms with E-state index in [0.717, 1.165) is 42.8 Å². The number of benzene rings is 1. The van der Waals surface area contributed by atoms with Crippen LogP contribution in [0.2, 0.25) is 0 Å². The van der Waals surface area contributed by atoms with Gasteiger partial charge in [-0.1, -0.05) is 19.4 Å². The minimum Gasteiger partial charge on any atom is -0.384 e. The first-order chi connectivity index (χ1) is 17.0. The number of anilines is 1. The van der Waals surface area contributed by atoms with Gasteiger partial charge in [-0.3, -0.25) is 4.79 Å². The van der Waals surface area contributed by atoms with E-state index in [-0.39, 0.29) is 17.5 Å². The maximum atomic E-state index is 15.2. The van der Waals surface area contributed by atoms with E-state index < -0.39 is 5.82 Å². The van der Waals surface area contributed by atoms with E-state index in [4.69, 9.17) is 5.73 Å². The van der Waals surface area contributed by atoms with Gasteiger partial charge in [0.25, 0.3) is 5.91 Å². The molecule has 182 valence electrons. The maximum absolute atomic E-state index is 15.2. The minimum atomic E-state index is -0.565. The Morgan fingerprint density at radius 3 is 2.54 bits per heavy atom. The molecule has 2 aliphatic rings. The van der Waals surface area contributed by atoms with Crippen LogP contribution < -0.4 is 11.1 Å². The lowest BCUT2D eigenvalue weighted by molar-refractivity contribution is 0.0675. The molecule has 0 unspecified atom stereocenters. The summed E-state index contributed by atoms with van der Waals surface area (Å²) in [4.78, 5) is 28.4. The lowest BCUT2D eigenvalue weighted by atomic mass is 9.84. The standard InChI is InChI=1S/C27H31FN6O/c1-2-23-25(18-7-9-24(29)30-15-18)26(32-16-31-23)17-6-8-21(22(28)12-17)27(35)33-19-13-20(14-19)34-10-4-3-5-11-34/h6-9,12,15-16,19-20H,2-5,10-11,13-14H2,1H3,(H2,29,30)(H,33,35). The first kappa shape index (κ1) is 23.4. The fourth-order valence-electron chi connectivity index (χ4n) is 5.16. The van der Waals surface area contributed by atoms with Crippen LogP contribution in [0.25, 0.3) is 22.4 Å². The average molecular weight is 475 g/mol. The molecule has 1 aliphatic heterocycles. The van der Waals surface area contributed by atoms with Crippen LogP contribution >= 0.6 is 0 Å². The number of nitrogens with two attached hydrogens (primary N) is 1. The number of likely N-dealkylation sites (tertiary alicyclic amines) is 1. The zero-order chi connectivity index (χ0) is 24.4. The zero-order valence-electron chi connectivity index (χ0n) is 20.0. The molecule has 1 saturated heterocycles. The molecule has 0 bridgehead atoms. The van der Waals surface area contributed by atoms with Gasteiger partial charge in [0.15, 0.2) is 0 Å². The van der Waals surface area contributed by atoms with Gasteiger partial charge in [-0.2, -0.15) is 0 Å². The van der Waals surface area contributed by atoms with Crippen molar-refractivity contribution in [2.45, 2.75) is 57.5 Å². The zero-order valence-corrected chi connectivity index (χ0v) is 20.0. The van der Waals surface area contributed by atoms with Crippen LogP contribution in [-0.4, -0.2) is 50.9 Å². The highest BCUT2D eigenvalue weighted by atomic mass is 19.1. The van der Waals surface area contributed by atoms with Gasteiger partial charge in [-0.25, -0.2) is 19.3 Å². The molecule has 0 spiro atoms. The first-order valence-electron chi connectivity index (χ1n) is 12.4. The molecular weight excluding hydrogens is 443 g/mol. The number of carbonyl (C=O) groups excluding carboxylic acids is 1. The first-order valence-corrected chi connectivity index (χ1v) is 12.4. The van der Waals surface area contributed by atoms with Crippen LogP contribution in [-0.2, 0) is 6.42 Å². The molecule has 0 atom stereocenters. The largest absolute Gasteiger partial charge is 0.384 e. The number of pyridine rings is 1. The predicted molar refractivity (Wildman–Crippen MR) is 134 cm³/mol. The van der Waals surface area contributed by atoms with E-state index in [2.05, 4.69) is 25.2 Å². The van der Waals surface area contributed by atoms with Gasteiger partial charge in [-0.15, -0.1) is 0 Å². The summed E-state index contributed by atoms with van der Waals surface area (Å²) in [6.45, 7) is 4.31. The summed E-state index contributed by atoms with van der Waals surface area (Å²) in [5.74, 6) is -0.513. The van der Waals surface area contributed by atoms with Gasteiger partial charge in [0.2, 0.25) is 0 Å². The third-order valence-electron chi connectivity index (χ3n) is 7.18. The molecule has 35 heavy (non-hydrogen) atoms. The smallest absolute Gasteiger partial charge is 0.254 e. The second-order valence-corrected chi connectivity index (χ2v) is 9.46. The number of nitrogens with one attached hydrogen (secondary N) is 1. The number of piperidine rings is 1. The molecule has 1 saturated carbocycles. The molecule has 1 aliphatic carbocycles. The Kier molecular flexibility index (Phi) is 6.72. The fourth-order valence-corrected chi connectivity index (χ4v) is 5.16. The number of carbonyl (C=O) groups is 1. The SMILES string of the molecule is CCc1ncnc(-c2ccc(C(=O)NC3CC(N4CCCCC4)C3)c(F)c2)c1-c1ccc(N)nc1. The normalized spacial score (nSPS) is 20.3. The van der Waals surface area contributed by atoms with Crippen molar-refractivity contribution in [1.29, 1.82) is 0 Å². The van der Waals surface area contributed by atoms with Gasteiger partial charge < -0.3 is 16.0 Å². The van der Waals surface area contributed by atoms with Crippen molar-refractivity contribution in [2.24, 2.45) is 0 Å². The molecule has 5 rings (SSSR count). The van der Waals surface area contributed by atoms with Gasteiger partial charge in [0, 0.05) is 35.0 Å². The third kappa shape index (κ3) is 4.89. The minimum absolute atomic E-state index is 0.0515. The number of hydrogen-bond acceptors (Lipinski definition) is 6. The molecule has 1 amide bonds. The summed E-state index contributed by atoms with van der Waals surface area (Å²) in [5, 5.41) is 3.01. The Morgan fingerprint density at radius 1 is 1.09 bits per heavy atom. The van der Waals surface area contributed by atoms with E-state index >= 15 is 4.39 Å². The highest BCUT2D eigenvalue weighted by molar-refractivity contribution is 5.95.